The molecule has 6 nitrogen and oxygen atoms in total. The smallest absolute Gasteiger partial charge is 0.218 e. The van der Waals surface area contributed by atoms with Gasteiger partial charge in [0.1, 0.15) is 12.7 Å². The van der Waals surface area contributed by atoms with Gasteiger partial charge in [0.25, 0.3) is 0 Å². The zero-order chi connectivity index (χ0) is 19.4. The number of anilines is 1. The van der Waals surface area contributed by atoms with Gasteiger partial charge in [-0.3, -0.25) is 10.3 Å². The van der Waals surface area contributed by atoms with Gasteiger partial charge in [0.15, 0.2) is 0 Å². The van der Waals surface area contributed by atoms with Crippen molar-refractivity contribution in [2.75, 3.05) is 4.90 Å². The molecule has 1 atom stereocenters. The van der Waals surface area contributed by atoms with E-state index in [1.807, 2.05) is 0 Å². The summed E-state index contributed by atoms with van der Waals surface area (Å²) in [5.74, 6) is 6.04. The molecule has 27 heavy (non-hydrogen) atoms. The van der Waals surface area contributed by atoms with Crippen LogP contribution in [0.3, 0.4) is 0 Å². The van der Waals surface area contributed by atoms with Gasteiger partial charge in [0, 0.05) is 11.4 Å². The summed E-state index contributed by atoms with van der Waals surface area (Å²) < 4.78 is 13.1. The topological polar surface area (TPSA) is 101 Å². The van der Waals surface area contributed by atoms with Crippen molar-refractivity contribution in [3.63, 3.8) is 0 Å². The zero-order valence-electron chi connectivity index (χ0n) is 14.6. The Morgan fingerprint density at radius 1 is 1.19 bits per heavy atom. The van der Waals surface area contributed by atoms with Crippen LogP contribution in [0.15, 0.2) is 64.8 Å². The number of nitrogens with one attached hydrogen (secondary N) is 1. The van der Waals surface area contributed by atoms with Gasteiger partial charge in [0.05, 0.1) is 23.3 Å². The lowest BCUT2D eigenvalue weighted by atomic mass is 9.96. The van der Waals surface area contributed by atoms with E-state index in [-0.39, 0.29) is 0 Å². The van der Waals surface area contributed by atoms with Crippen molar-refractivity contribution >= 4 is 11.6 Å². The number of guanidine groups is 1. The number of nitriles is 2. The number of alkyl halides is 1. The van der Waals surface area contributed by atoms with Crippen LogP contribution in [-0.4, -0.2) is 5.96 Å². The predicted octanol–water partition coefficient (Wildman–Crippen LogP) is 3.21. The maximum absolute atomic E-state index is 13.1. The second kappa shape index (κ2) is 7.69. The number of hydrogen-bond donors (Lipinski definition) is 2. The minimum Gasteiger partial charge on any atom is -0.294 e. The van der Waals surface area contributed by atoms with E-state index < -0.39 is 12.7 Å². The van der Waals surface area contributed by atoms with Gasteiger partial charge in [0.2, 0.25) is 5.96 Å². The molecule has 0 radical (unpaired) electrons. The van der Waals surface area contributed by atoms with Crippen molar-refractivity contribution in [2.24, 2.45) is 10.8 Å². The minimum absolute atomic E-state index is 0.344. The summed E-state index contributed by atoms with van der Waals surface area (Å²) in [6.07, 6.45) is 0. The highest BCUT2D eigenvalue weighted by Gasteiger charge is 2.30. The van der Waals surface area contributed by atoms with Crippen molar-refractivity contribution in [3.8, 4) is 12.1 Å². The molecule has 3 N–H and O–H groups in total. The highest BCUT2D eigenvalue weighted by molar-refractivity contribution is 6.00. The second-order valence-electron chi connectivity index (χ2n) is 5.98. The first-order chi connectivity index (χ1) is 13.1. The maximum Gasteiger partial charge on any atom is 0.218 e. The van der Waals surface area contributed by atoms with Crippen LogP contribution in [0.25, 0.3) is 0 Å². The molecule has 0 aliphatic carbocycles. The van der Waals surface area contributed by atoms with Crippen molar-refractivity contribution < 1.29 is 4.39 Å². The van der Waals surface area contributed by atoms with Crippen molar-refractivity contribution in [1.82, 2.24) is 5.43 Å². The van der Waals surface area contributed by atoms with Crippen LogP contribution in [0.1, 0.15) is 29.7 Å². The van der Waals surface area contributed by atoms with Crippen molar-refractivity contribution in [3.05, 3.63) is 76.5 Å². The van der Waals surface area contributed by atoms with Gasteiger partial charge in [-0.25, -0.2) is 15.2 Å². The van der Waals surface area contributed by atoms with Crippen molar-refractivity contribution in [1.29, 1.82) is 10.5 Å². The number of nitrogens with two attached hydrogens (primary N) is 1. The fraction of sp³-hybridized carbons (Fsp3) is 0.150. The Kier molecular flexibility index (Phi) is 5.16. The number of benzene rings is 2. The molecule has 2 aromatic rings. The average molecular weight is 360 g/mol. The summed E-state index contributed by atoms with van der Waals surface area (Å²) in [5, 5.41) is 18.7. The Balaban J connectivity index is 2.10. The molecule has 1 unspecified atom stereocenters. The fourth-order valence-electron chi connectivity index (χ4n) is 3.04. The third kappa shape index (κ3) is 3.37. The van der Waals surface area contributed by atoms with Crippen LogP contribution in [-0.2, 0) is 6.67 Å². The molecule has 0 bridgehead atoms. The monoisotopic (exact) mass is 360 g/mol. The number of hydrazine groups is 1. The Labute approximate surface area is 156 Å². The van der Waals surface area contributed by atoms with Crippen LogP contribution < -0.4 is 16.2 Å². The molecule has 0 aromatic heterocycles. The Morgan fingerprint density at radius 3 is 2.52 bits per heavy atom. The summed E-state index contributed by atoms with van der Waals surface area (Å²) in [5.41, 5.74) is 6.14. The minimum atomic E-state index is -0.591. The molecule has 3 rings (SSSR count). The summed E-state index contributed by atoms with van der Waals surface area (Å²) in [6.45, 7) is 1.20. The molecule has 134 valence electrons. The van der Waals surface area contributed by atoms with Gasteiger partial charge in [-0.15, -0.1) is 0 Å². The van der Waals surface area contributed by atoms with E-state index in [9.17, 15) is 9.65 Å². The number of halogens is 1. The summed E-state index contributed by atoms with van der Waals surface area (Å²) in [7, 11) is 0. The Bertz CT molecular complexity index is 994. The lowest BCUT2D eigenvalue weighted by molar-refractivity contribution is 0.485. The van der Waals surface area contributed by atoms with Crippen molar-refractivity contribution in [2.45, 2.75) is 19.6 Å². The molecule has 2 aromatic carbocycles. The van der Waals surface area contributed by atoms with Gasteiger partial charge >= 0.3 is 0 Å². The second-order valence-corrected chi connectivity index (χ2v) is 5.98. The van der Waals surface area contributed by atoms with E-state index in [0.717, 1.165) is 5.56 Å². The van der Waals surface area contributed by atoms with Crippen LogP contribution in [0, 0.1) is 22.7 Å². The SMILES string of the molecule is CC1=C(C#N)C(c2ccc(C#N)cc2)N=C(NN)N1c1cccc(CF)c1. The molecule has 0 fully saturated rings. The average Bonchev–Trinajstić information content (AvgIpc) is 2.73. The molecule has 1 aliphatic rings. The molecule has 0 amide bonds. The molecule has 7 heteroatoms. The zero-order valence-corrected chi connectivity index (χ0v) is 14.6. The molecule has 0 saturated heterocycles. The molecule has 0 spiro atoms. The highest BCUT2D eigenvalue weighted by atomic mass is 19.1. The van der Waals surface area contributed by atoms with E-state index in [2.05, 4.69) is 22.6 Å². The normalized spacial score (nSPS) is 16.4. The quantitative estimate of drug-likeness (QED) is 0.646. The van der Waals surface area contributed by atoms with Gasteiger partial charge in [-0.05, 0) is 42.3 Å². The number of allylic oxidation sites excluding steroid dienone is 1. The molecular formula is C20H17FN6. The third-order valence-corrected chi connectivity index (χ3v) is 4.39. The summed E-state index contributed by atoms with van der Waals surface area (Å²) in [6, 6.07) is 17.6. The number of aliphatic imine (C=N–C) groups is 1. The number of rotatable bonds is 3. The summed E-state index contributed by atoms with van der Waals surface area (Å²) >= 11 is 0. The van der Waals surface area contributed by atoms with E-state index in [4.69, 9.17) is 11.1 Å². The van der Waals surface area contributed by atoms with Crippen LogP contribution in [0.5, 0.6) is 0 Å². The van der Waals surface area contributed by atoms with E-state index in [1.54, 1.807) is 60.4 Å². The van der Waals surface area contributed by atoms with Gasteiger partial charge < -0.3 is 0 Å². The summed E-state index contributed by atoms with van der Waals surface area (Å²) in [4.78, 5) is 6.28. The standard InChI is InChI=1S/C20H17FN6/c1-13-18(12-23)19(16-7-5-14(11-22)6-8-16)25-20(26-24)27(13)17-4-2-3-15(9-17)10-21/h2-9,19H,10,24H2,1H3,(H,25,26). The van der Waals surface area contributed by atoms with Gasteiger partial charge in [-0.1, -0.05) is 24.3 Å². The molecular weight excluding hydrogens is 343 g/mol. The van der Waals surface area contributed by atoms with Gasteiger partial charge in [-0.2, -0.15) is 10.5 Å². The first-order valence-corrected chi connectivity index (χ1v) is 8.23. The van der Waals surface area contributed by atoms with E-state index >= 15 is 0 Å². The number of hydrogen-bond acceptors (Lipinski definition) is 6. The fourth-order valence-corrected chi connectivity index (χ4v) is 3.04. The first kappa shape index (κ1) is 18.1. The predicted molar refractivity (Wildman–Crippen MR) is 101 cm³/mol. The Hall–Kier alpha value is -3.68. The van der Waals surface area contributed by atoms with Crippen LogP contribution in [0.2, 0.25) is 0 Å². The molecule has 1 aliphatic heterocycles. The molecule has 1 heterocycles. The number of nitrogens with zero attached hydrogens (tertiary/aromatic N) is 4. The van der Waals surface area contributed by atoms with E-state index in [0.29, 0.717) is 34.0 Å². The van der Waals surface area contributed by atoms with E-state index in [1.165, 1.54) is 0 Å². The van der Waals surface area contributed by atoms with Crippen LogP contribution >= 0.6 is 0 Å². The lowest BCUT2D eigenvalue weighted by Crippen LogP contribution is -2.46. The highest BCUT2D eigenvalue weighted by Crippen LogP contribution is 2.35. The van der Waals surface area contributed by atoms with Crippen LogP contribution in [0.4, 0.5) is 10.1 Å². The largest absolute Gasteiger partial charge is 0.294 e. The third-order valence-electron chi connectivity index (χ3n) is 4.39. The molecule has 0 saturated carbocycles. The Morgan fingerprint density at radius 2 is 1.93 bits per heavy atom. The lowest BCUT2D eigenvalue weighted by Gasteiger charge is -2.33. The first-order valence-electron chi connectivity index (χ1n) is 8.23. The maximum atomic E-state index is 13.1.